The zero-order valence-electron chi connectivity index (χ0n) is 14.8. The Labute approximate surface area is 158 Å². The van der Waals surface area contributed by atoms with E-state index < -0.39 is 0 Å². The second-order valence-corrected chi connectivity index (χ2v) is 6.20. The topological polar surface area (TPSA) is 71.3 Å². The molecular weight excluding hydrogens is 352 g/mol. The van der Waals surface area contributed by atoms with Crippen LogP contribution in [0.4, 0.5) is 0 Å². The average molecular weight is 373 g/mol. The van der Waals surface area contributed by atoms with Gasteiger partial charge in [0.25, 0.3) is 0 Å². The van der Waals surface area contributed by atoms with Gasteiger partial charge in [0.05, 0.1) is 6.07 Å². The zero-order chi connectivity index (χ0) is 18.9. The highest BCUT2D eigenvalue weighted by Gasteiger charge is 2.04. The molecule has 0 spiro atoms. The van der Waals surface area contributed by atoms with Crippen molar-refractivity contribution < 1.29 is 14.3 Å². The molecule has 6 heteroatoms. The summed E-state index contributed by atoms with van der Waals surface area (Å²) in [4.78, 5) is 11.3. The molecular formula is C20H21ClN2O3. The molecule has 0 aliphatic heterocycles. The van der Waals surface area contributed by atoms with Crippen molar-refractivity contribution in [2.45, 2.75) is 26.8 Å². The highest BCUT2D eigenvalue weighted by molar-refractivity contribution is 6.32. The van der Waals surface area contributed by atoms with Crippen molar-refractivity contribution >= 4 is 17.5 Å². The van der Waals surface area contributed by atoms with E-state index >= 15 is 0 Å². The first kappa shape index (κ1) is 19.6. The summed E-state index contributed by atoms with van der Waals surface area (Å²) in [5, 5.41) is 11.9. The van der Waals surface area contributed by atoms with E-state index in [0.717, 1.165) is 27.5 Å². The lowest BCUT2D eigenvalue weighted by molar-refractivity contribution is -0.120. The molecule has 1 N–H and O–H groups in total. The fourth-order valence-electron chi connectivity index (χ4n) is 2.39. The monoisotopic (exact) mass is 372 g/mol. The molecule has 1 amide bonds. The van der Waals surface area contributed by atoms with E-state index in [1.54, 1.807) is 0 Å². The number of rotatable bonds is 8. The highest BCUT2D eigenvalue weighted by atomic mass is 35.5. The molecule has 0 aromatic heterocycles. The molecule has 0 heterocycles. The molecule has 0 atom stereocenters. The first-order valence-corrected chi connectivity index (χ1v) is 8.62. The maximum Gasteiger partial charge on any atom is 0.234 e. The van der Waals surface area contributed by atoms with Gasteiger partial charge in [-0.15, -0.1) is 0 Å². The predicted octanol–water partition coefficient (Wildman–Crippen LogP) is 3.94. The van der Waals surface area contributed by atoms with Crippen molar-refractivity contribution in [2.75, 3.05) is 13.2 Å². The van der Waals surface area contributed by atoms with Crippen LogP contribution in [0.1, 0.15) is 23.1 Å². The summed E-state index contributed by atoms with van der Waals surface area (Å²) < 4.78 is 11.4. The molecule has 136 valence electrons. The van der Waals surface area contributed by atoms with E-state index in [9.17, 15) is 4.79 Å². The van der Waals surface area contributed by atoms with Gasteiger partial charge in [0.2, 0.25) is 5.91 Å². The Morgan fingerprint density at radius 3 is 2.42 bits per heavy atom. The lowest BCUT2D eigenvalue weighted by Crippen LogP contribution is -2.21. The van der Waals surface area contributed by atoms with Crippen molar-refractivity contribution in [3.63, 3.8) is 0 Å². The number of halogens is 1. The van der Waals surface area contributed by atoms with Gasteiger partial charge < -0.3 is 14.8 Å². The van der Waals surface area contributed by atoms with Gasteiger partial charge in [-0.05, 0) is 54.8 Å². The van der Waals surface area contributed by atoms with E-state index in [4.69, 9.17) is 26.3 Å². The molecule has 0 aliphatic rings. The average Bonchev–Trinajstić information content (AvgIpc) is 2.62. The Kier molecular flexibility index (Phi) is 7.31. The van der Waals surface area contributed by atoms with Gasteiger partial charge in [-0.2, -0.15) is 5.26 Å². The fourth-order valence-corrected chi connectivity index (χ4v) is 2.50. The number of hydrogen-bond acceptors (Lipinski definition) is 4. The van der Waals surface area contributed by atoms with Crippen molar-refractivity contribution in [2.24, 2.45) is 0 Å². The molecule has 0 fully saturated rings. The Morgan fingerprint density at radius 2 is 1.77 bits per heavy atom. The van der Waals surface area contributed by atoms with Crippen LogP contribution < -0.4 is 14.8 Å². The Hall–Kier alpha value is -2.71. The Balaban J connectivity index is 1.80. The lowest BCUT2D eigenvalue weighted by atomic mass is 10.1. The minimum absolute atomic E-state index is 0.142. The Bertz CT molecular complexity index is 792. The van der Waals surface area contributed by atoms with Gasteiger partial charge in [0.1, 0.15) is 31.1 Å². The van der Waals surface area contributed by atoms with Gasteiger partial charge in [0, 0.05) is 11.6 Å². The van der Waals surface area contributed by atoms with Crippen molar-refractivity contribution in [1.29, 1.82) is 5.26 Å². The number of carbonyl (C=O) groups is 1. The molecule has 0 radical (unpaired) electrons. The lowest BCUT2D eigenvalue weighted by Gasteiger charge is -2.11. The molecule has 0 bridgehead atoms. The molecule has 0 saturated carbocycles. The number of amides is 1. The van der Waals surface area contributed by atoms with Gasteiger partial charge in [-0.3, -0.25) is 4.79 Å². The summed E-state index contributed by atoms with van der Waals surface area (Å²) in [6.45, 7) is 5.05. The zero-order valence-corrected chi connectivity index (χ0v) is 15.6. The van der Waals surface area contributed by atoms with Crippen LogP contribution >= 0.6 is 11.6 Å². The van der Waals surface area contributed by atoms with Crippen molar-refractivity contribution in [1.82, 2.24) is 5.32 Å². The van der Waals surface area contributed by atoms with Crippen molar-refractivity contribution in [3.8, 4) is 17.6 Å². The number of aryl methyl sites for hydroxylation is 2. The molecule has 2 aromatic carbocycles. The molecule has 0 unspecified atom stereocenters. The standard InChI is InChI=1S/C20H21ClN2O3/c1-14-10-18(11-15(2)20(14)21)26-9-8-25-17-5-3-4-16(12-17)13-23-19(24)6-7-22/h3-5,10-12H,6,8-9,13H2,1-2H3,(H,23,24). The molecule has 0 aliphatic carbocycles. The predicted molar refractivity (Wildman–Crippen MR) is 100 cm³/mol. The van der Waals surface area contributed by atoms with Crippen LogP contribution in [0.25, 0.3) is 0 Å². The van der Waals surface area contributed by atoms with Crippen LogP contribution in [0.5, 0.6) is 11.5 Å². The van der Waals surface area contributed by atoms with E-state index in [-0.39, 0.29) is 12.3 Å². The number of hydrogen-bond donors (Lipinski definition) is 1. The first-order valence-electron chi connectivity index (χ1n) is 8.24. The molecule has 5 nitrogen and oxygen atoms in total. The molecule has 2 rings (SSSR count). The SMILES string of the molecule is Cc1cc(OCCOc2cccc(CNC(=O)CC#N)c2)cc(C)c1Cl. The second-order valence-electron chi connectivity index (χ2n) is 5.83. The largest absolute Gasteiger partial charge is 0.490 e. The van der Waals surface area contributed by atoms with Crippen LogP contribution in [-0.4, -0.2) is 19.1 Å². The third-order valence-corrected chi connectivity index (χ3v) is 4.25. The maximum absolute atomic E-state index is 11.3. The number of carbonyl (C=O) groups excluding carboxylic acids is 1. The summed E-state index contributed by atoms with van der Waals surface area (Å²) in [6.07, 6.45) is -0.142. The maximum atomic E-state index is 11.3. The van der Waals surface area contributed by atoms with Gasteiger partial charge in [-0.25, -0.2) is 0 Å². The number of nitriles is 1. The second kappa shape index (κ2) is 9.69. The molecule has 2 aromatic rings. The summed E-state index contributed by atoms with van der Waals surface area (Å²) in [6, 6.07) is 13.1. The fraction of sp³-hybridized carbons (Fsp3) is 0.300. The molecule has 26 heavy (non-hydrogen) atoms. The van der Waals surface area contributed by atoms with Crippen LogP contribution in [0, 0.1) is 25.2 Å². The number of benzene rings is 2. The quantitative estimate of drug-likeness (QED) is 0.712. The van der Waals surface area contributed by atoms with Crippen LogP contribution in [0.3, 0.4) is 0 Å². The van der Waals surface area contributed by atoms with E-state index in [1.165, 1.54) is 0 Å². The van der Waals surface area contributed by atoms with Crippen LogP contribution in [-0.2, 0) is 11.3 Å². The van der Waals surface area contributed by atoms with Crippen molar-refractivity contribution in [3.05, 3.63) is 58.1 Å². The third kappa shape index (κ3) is 5.98. The number of ether oxygens (including phenoxy) is 2. The summed E-state index contributed by atoms with van der Waals surface area (Å²) in [5.74, 6) is 1.17. The first-order chi connectivity index (χ1) is 12.5. The summed E-state index contributed by atoms with van der Waals surface area (Å²) in [5.41, 5.74) is 2.86. The summed E-state index contributed by atoms with van der Waals surface area (Å²) >= 11 is 6.15. The Morgan fingerprint density at radius 1 is 1.12 bits per heavy atom. The van der Waals surface area contributed by atoms with E-state index in [2.05, 4.69) is 5.32 Å². The third-order valence-electron chi connectivity index (χ3n) is 3.66. The smallest absolute Gasteiger partial charge is 0.234 e. The minimum Gasteiger partial charge on any atom is -0.490 e. The minimum atomic E-state index is -0.291. The highest BCUT2D eigenvalue weighted by Crippen LogP contribution is 2.25. The number of nitrogens with zero attached hydrogens (tertiary/aromatic N) is 1. The van der Waals surface area contributed by atoms with Crippen LogP contribution in [0.2, 0.25) is 5.02 Å². The van der Waals surface area contributed by atoms with E-state index in [0.29, 0.717) is 25.5 Å². The van der Waals surface area contributed by atoms with E-state index in [1.807, 2.05) is 56.3 Å². The molecule has 0 saturated heterocycles. The summed E-state index contributed by atoms with van der Waals surface area (Å²) in [7, 11) is 0. The van der Waals surface area contributed by atoms with Gasteiger partial charge >= 0.3 is 0 Å². The normalized spacial score (nSPS) is 10.1. The van der Waals surface area contributed by atoms with Gasteiger partial charge in [0.15, 0.2) is 0 Å². The number of nitrogens with one attached hydrogen (secondary N) is 1. The van der Waals surface area contributed by atoms with Crippen LogP contribution in [0.15, 0.2) is 36.4 Å². The van der Waals surface area contributed by atoms with Gasteiger partial charge in [-0.1, -0.05) is 23.7 Å².